The van der Waals surface area contributed by atoms with E-state index in [-0.39, 0.29) is 5.91 Å². The zero-order valence-corrected chi connectivity index (χ0v) is 16.4. The molecule has 0 aliphatic heterocycles. The van der Waals surface area contributed by atoms with Crippen LogP contribution in [0.5, 0.6) is 0 Å². The second-order valence-electron chi connectivity index (χ2n) is 6.47. The van der Waals surface area contributed by atoms with Crippen molar-refractivity contribution in [1.29, 1.82) is 0 Å². The molecule has 0 radical (unpaired) electrons. The average Bonchev–Trinajstić information content (AvgIpc) is 3.14. The number of nitrogens with zero attached hydrogens (tertiary/aromatic N) is 4. The minimum atomic E-state index is -0.199. The number of aromatic nitrogens is 4. The lowest BCUT2D eigenvalue weighted by atomic mass is 10.1. The fourth-order valence-electron chi connectivity index (χ4n) is 3.22. The number of amides is 1. The summed E-state index contributed by atoms with van der Waals surface area (Å²) in [6.45, 7) is 5.71. The van der Waals surface area contributed by atoms with Crippen LogP contribution in [-0.4, -0.2) is 25.7 Å². The molecule has 136 valence electrons. The van der Waals surface area contributed by atoms with Crippen LogP contribution in [0.3, 0.4) is 0 Å². The van der Waals surface area contributed by atoms with Gasteiger partial charge in [0.1, 0.15) is 0 Å². The monoisotopic (exact) mass is 377 g/mol. The highest BCUT2D eigenvalue weighted by Crippen LogP contribution is 2.33. The summed E-state index contributed by atoms with van der Waals surface area (Å²) >= 11 is 1.48. The number of benzene rings is 1. The van der Waals surface area contributed by atoms with E-state index in [1.807, 2.05) is 58.2 Å². The molecule has 3 aromatic heterocycles. The molecule has 1 amide bonds. The van der Waals surface area contributed by atoms with Gasteiger partial charge < -0.3 is 0 Å². The smallest absolute Gasteiger partial charge is 0.258 e. The molecule has 0 unspecified atom stereocenters. The zero-order valence-electron chi connectivity index (χ0n) is 15.6. The maximum atomic E-state index is 13.0. The molecule has 0 aliphatic rings. The number of hydrogen-bond acceptors (Lipinski definition) is 5. The lowest BCUT2D eigenvalue weighted by Crippen LogP contribution is -2.13. The van der Waals surface area contributed by atoms with Gasteiger partial charge in [-0.2, -0.15) is 5.10 Å². The topological polar surface area (TPSA) is 72.7 Å². The van der Waals surface area contributed by atoms with Gasteiger partial charge in [0.2, 0.25) is 0 Å². The number of anilines is 1. The summed E-state index contributed by atoms with van der Waals surface area (Å²) < 4.78 is 1.70. The number of carbonyl (C=O) groups is 1. The highest BCUT2D eigenvalue weighted by atomic mass is 32.1. The molecule has 1 N–H and O–H groups in total. The summed E-state index contributed by atoms with van der Waals surface area (Å²) in [4.78, 5) is 23.1. The van der Waals surface area contributed by atoms with Crippen LogP contribution in [0.4, 0.5) is 5.13 Å². The van der Waals surface area contributed by atoms with Crippen molar-refractivity contribution in [3.8, 4) is 10.4 Å². The van der Waals surface area contributed by atoms with Gasteiger partial charge >= 0.3 is 0 Å². The van der Waals surface area contributed by atoms with E-state index in [2.05, 4.69) is 20.4 Å². The van der Waals surface area contributed by atoms with Crippen LogP contribution in [-0.2, 0) is 7.05 Å². The molecule has 4 aromatic rings. The van der Waals surface area contributed by atoms with Crippen LogP contribution in [0.25, 0.3) is 21.5 Å². The number of pyridine rings is 1. The van der Waals surface area contributed by atoms with E-state index in [1.165, 1.54) is 11.3 Å². The van der Waals surface area contributed by atoms with Crippen LogP contribution >= 0.6 is 11.3 Å². The average molecular weight is 377 g/mol. The van der Waals surface area contributed by atoms with Gasteiger partial charge in [-0.15, -0.1) is 0 Å². The minimum absolute atomic E-state index is 0.199. The van der Waals surface area contributed by atoms with E-state index in [0.717, 1.165) is 32.9 Å². The molecular weight excluding hydrogens is 358 g/mol. The summed E-state index contributed by atoms with van der Waals surface area (Å²) in [6.07, 6.45) is 0. The molecular formula is C20H19N5OS. The van der Waals surface area contributed by atoms with E-state index in [1.54, 1.807) is 10.7 Å². The lowest BCUT2D eigenvalue weighted by molar-refractivity contribution is 0.102. The second-order valence-corrected chi connectivity index (χ2v) is 7.47. The normalized spacial score (nSPS) is 11.1. The highest BCUT2D eigenvalue weighted by molar-refractivity contribution is 7.19. The molecule has 1 aromatic carbocycles. The second kappa shape index (κ2) is 6.59. The van der Waals surface area contributed by atoms with Gasteiger partial charge in [-0.3, -0.25) is 14.8 Å². The van der Waals surface area contributed by atoms with Crippen LogP contribution in [0.2, 0.25) is 0 Å². The Morgan fingerprint density at radius 2 is 1.81 bits per heavy atom. The number of nitrogens with one attached hydrogen (secondary N) is 1. The van der Waals surface area contributed by atoms with E-state index >= 15 is 0 Å². The van der Waals surface area contributed by atoms with E-state index in [4.69, 9.17) is 0 Å². The van der Waals surface area contributed by atoms with Gasteiger partial charge in [-0.05, 0) is 32.4 Å². The molecule has 27 heavy (non-hydrogen) atoms. The first-order valence-electron chi connectivity index (χ1n) is 8.59. The maximum Gasteiger partial charge on any atom is 0.258 e. The molecule has 3 heterocycles. The van der Waals surface area contributed by atoms with Gasteiger partial charge in [0.25, 0.3) is 5.91 Å². The molecule has 6 nitrogen and oxygen atoms in total. The first-order chi connectivity index (χ1) is 12.9. The number of fused-ring (bicyclic) bond motifs is 1. The van der Waals surface area contributed by atoms with E-state index in [9.17, 15) is 4.79 Å². The van der Waals surface area contributed by atoms with Crippen molar-refractivity contribution < 1.29 is 4.79 Å². The third-order valence-corrected chi connectivity index (χ3v) is 5.52. The zero-order chi connectivity index (χ0) is 19.1. The van der Waals surface area contributed by atoms with E-state index in [0.29, 0.717) is 16.3 Å². The summed E-state index contributed by atoms with van der Waals surface area (Å²) in [5.41, 5.74) is 4.82. The number of hydrogen-bond donors (Lipinski definition) is 1. The Labute approximate surface area is 160 Å². The Morgan fingerprint density at radius 1 is 1.07 bits per heavy atom. The predicted octanol–water partition coefficient (Wildman–Crippen LogP) is 4.27. The Hall–Kier alpha value is -3.06. The third kappa shape index (κ3) is 3.10. The molecule has 0 atom stereocenters. The maximum absolute atomic E-state index is 13.0. The van der Waals surface area contributed by atoms with Crippen molar-refractivity contribution in [2.45, 2.75) is 20.8 Å². The van der Waals surface area contributed by atoms with E-state index < -0.39 is 0 Å². The van der Waals surface area contributed by atoms with Crippen molar-refractivity contribution in [3.05, 3.63) is 59.0 Å². The van der Waals surface area contributed by atoms with Crippen LogP contribution in [0.1, 0.15) is 27.4 Å². The summed E-state index contributed by atoms with van der Waals surface area (Å²) in [6, 6.07) is 11.9. The lowest BCUT2D eigenvalue weighted by Gasteiger charge is -2.05. The number of rotatable bonds is 3. The SMILES string of the molecule is Cc1cc(C(=O)Nc2nc(C)c(-c3ccccc3)s2)c2c(C)nn(C)c2n1. The van der Waals surface area contributed by atoms with Gasteiger partial charge in [0.05, 0.1) is 27.2 Å². The predicted molar refractivity (Wildman–Crippen MR) is 108 cm³/mol. The van der Waals surface area contributed by atoms with Crippen molar-refractivity contribution in [2.24, 2.45) is 7.05 Å². The van der Waals surface area contributed by atoms with Crippen molar-refractivity contribution in [1.82, 2.24) is 19.7 Å². The Balaban J connectivity index is 1.71. The quantitative estimate of drug-likeness (QED) is 0.579. The van der Waals surface area contributed by atoms with Crippen molar-refractivity contribution in [2.75, 3.05) is 5.32 Å². The molecule has 0 fully saturated rings. The molecule has 7 heteroatoms. The molecule has 0 bridgehead atoms. The molecule has 0 spiro atoms. The number of aryl methyl sites for hydroxylation is 4. The first kappa shape index (κ1) is 17.4. The largest absolute Gasteiger partial charge is 0.298 e. The summed E-state index contributed by atoms with van der Waals surface area (Å²) in [7, 11) is 1.83. The third-order valence-electron chi connectivity index (χ3n) is 4.39. The Morgan fingerprint density at radius 3 is 2.56 bits per heavy atom. The Kier molecular flexibility index (Phi) is 4.24. The van der Waals surface area contributed by atoms with Crippen molar-refractivity contribution in [3.63, 3.8) is 0 Å². The van der Waals surface area contributed by atoms with Gasteiger partial charge in [0.15, 0.2) is 10.8 Å². The van der Waals surface area contributed by atoms with Crippen LogP contribution < -0.4 is 5.32 Å². The standard InChI is InChI=1S/C20H19N5OS/c1-11-10-15(16-12(2)24-25(4)18(16)21-11)19(26)23-20-22-13(3)17(27-20)14-8-6-5-7-9-14/h5-10H,1-4H3,(H,22,23,26). The summed E-state index contributed by atoms with van der Waals surface area (Å²) in [5, 5.41) is 8.71. The van der Waals surface area contributed by atoms with Crippen LogP contribution in [0, 0.1) is 20.8 Å². The fourth-order valence-corrected chi connectivity index (χ4v) is 4.19. The summed E-state index contributed by atoms with van der Waals surface area (Å²) in [5.74, 6) is -0.199. The van der Waals surface area contributed by atoms with Crippen LogP contribution in [0.15, 0.2) is 36.4 Å². The number of carbonyl (C=O) groups excluding carboxylic acids is 1. The highest BCUT2D eigenvalue weighted by Gasteiger charge is 2.19. The van der Waals surface area contributed by atoms with Gasteiger partial charge in [-0.25, -0.2) is 9.97 Å². The van der Waals surface area contributed by atoms with Crippen molar-refractivity contribution >= 4 is 33.4 Å². The number of thiazole rings is 1. The fraction of sp³-hybridized carbons (Fsp3) is 0.200. The molecule has 0 saturated heterocycles. The first-order valence-corrected chi connectivity index (χ1v) is 9.41. The molecule has 0 aliphatic carbocycles. The van der Waals surface area contributed by atoms with Gasteiger partial charge in [0, 0.05) is 12.7 Å². The Bertz CT molecular complexity index is 1160. The molecule has 4 rings (SSSR count). The minimum Gasteiger partial charge on any atom is -0.298 e. The van der Waals surface area contributed by atoms with Gasteiger partial charge in [-0.1, -0.05) is 41.7 Å². The molecule has 0 saturated carbocycles.